The van der Waals surface area contributed by atoms with E-state index in [4.69, 9.17) is 0 Å². The van der Waals surface area contributed by atoms with E-state index in [1.54, 1.807) is 6.92 Å². The predicted molar refractivity (Wildman–Crippen MR) is 147 cm³/mol. The number of allylic oxidation sites excluding steroid dienone is 2. The van der Waals surface area contributed by atoms with Gasteiger partial charge in [0.1, 0.15) is 11.8 Å². The summed E-state index contributed by atoms with van der Waals surface area (Å²) in [6.45, 7) is 9.27. The van der Waals surface area contributed by atoms with E-state index in [1.807, 2.05) is 13.8 Å². The highest BCUT2D eigenvalue weighted by Gasteiger charge is 2.37. The number of carboxylic acid groups (broad SMARTS) is 3. The molecule has 0 heterocycles. The second-order valence-corrected chi connectivity index (χ2v) is 10.9. The van der Waals surface area contributed by atoms with Crippen LogP contribution in [0.15, 0.2) is 12.2 Å². The molecule has 2 N–H and O–H groups in total. The summed E-state index contributed by atoms with van der Waals surface area (Å²) in [6, 6.07) is 0. The lowest BCUT2D eigenvalue weighted by Gasteiger charge is -2.42. The number of rotatable bonds is 25. The lowest BCUT2D eigenvalue weighted by atomic mass is 9.97. The largest absolute Gasteiger partial charge is 0.550 e. The van der Waals surface area contributed by atoms with Crippen molar-refractivity contribution >= 4 is 17.9 Å². The van der Waals surface area contributed by atoms with Crippen LogP contribution in [0.4, 0.5) is 0 Å². The molecule has 0 saturated carbocycles. The van der Waals surface area contributed by atoms with Gasteiger partial charge in [-0.1, -0.05) is 72.0 Å². The summed E-state index contributed by atoms with van der Waals surface area (Å²) in [6.07, 6.45) is 18.6. The number of hydrogen-bond donors (Lipinski definition) is 2. The van der Waals surface area contributed by atoms with E-state index in [-0.39, 0.29) is 0 Å². The van der Waals surface area contributed by atoms with E-state index in [0.29, 0.717) is 49.9 Å². The zero-order valence-electron chi connectivity index (χ0n) is 24.1. The van der Waals surface area contributed by atoms with Crippen LogP contribution >= 0.6 is 0 Å². The van der Waals surface area contributed by atoms with E-state index in [1.165, 1.54) is 38.5 Å². The summed E-state index contributed by atoms with van der Waals surface area (Å²) in [5.41, 5.74) is 0. The van der Waals surface area contributed by atoms with Gasteiger partial charge in [0.05, 0.1) is 26.2 Å². The molecule has 0 saturated heterocycles. The Bertz CT molecular complexity index is 638. The maximum Gasteiger partial charge on any atom is 0.312 e. The van der Waals surface area contributed by atoms with Crippen molar-refractivity contribution in [2.45, 2.75) is 118 Å². The Labute approximate surface area is 225 Å². The fourth-order valence-corrected chi connectivity index (χ4v) is 5.00. The molecule has 216 valence electrons. The SMILES string of the molecule is CCCCCCCC/C=C/CCCCC[N+](CCC(C)C(=O)[O-])(CC(CC)C(=O)O)CC(CC)C(=O)O. The molecule has 0 bridgehead atoms. The molecule has 3 atom stereocenters. The number of aliphatic carboxylic acids is 3. The van der Waals surface area contributed by atoms with Crippen LogP contribution in [-0.4, -0.2) is 58.8 Å². The summed E-state index contributed by atoms with van der Waals surface area (Å²) in [4.78, 5) is 35.2. The first-order chi connectivity index (χ1) is 17.6. The third-order valence-electron chi connectivity index (χ3n) is 7.73. The Hall–Kier alpha value is -1.89. The first-order valence-electron chi connectivity index (χ1n) is 14.8. The molecular formula is C30H55NO6. The molecule has 0 aliphatic rings. The smallest absolute Gasteiger partial charge is 0.312 e. The van der Waals surface area contributed by atoms with Crippen molar-refractivity contribution in [1.29, 1.82) is 0 Å². The van der Waals surface area contributed by atoms with Gasteiger partial charge in [0, 0.05) is 18.3 Å². The second kappa shape index (κ2) is 21.1. The van der Waals surface area contributed by atoms with Gasteiger partial charge in [-0.15, -0.1) is 0 Å². The maximum atomic E-state index is 11.9. The minimum atomic E-state index is -1.12. The molecule has 0 aromatic heterocycles. The van der Waals surface area contributed by atoms with Gasteiger partial charge in [-0.05, 0) is 51.4 Å². The molecule has 3 unspecified atom stereocenters. The molecule has 0 aliphatic heterocycles. The molecular weight excluding hydrogens is 470 g/mol. The highest BCUT2D eigenvalue weighted by molar-refractivity contribution is 5.70. The molecule has 0 fully saturated rings. The molecule has 0 rings (SSSR count). The van der Waals surface area contributed by atoms with Crippen LogP contribution < -0.4 is 5.11 Å². The second-order valence-electron chi connectivity index (χ2n) is 10.9. The van der Waals surface area contributed by atoms with Gasteiger partial charge in [0.2, 0.25) is 0 Å². The minimum Gasteiger partial charge on any atom is -0.550 e. The highest BCUT2D eigenvalue weighted by atomic mass is 16.4. The van der Waals surface area contributed by atoms with Gasteiger partial charge in [-0.3, -0.25) is 9.59 Å². The number of unbranched alkanes of at least 4 members (excludes halogenated alkanes) is 9. The summed E-state index contributed by atoms with van der Waals surface area (Å²) >= 11 is 0. The van der Waals surface area contributed by atoms with E-state index in [2.05, 4.69) is 19.1 Å². The lowest BCUT2D eigenvalue weighted by Crippen LogP contribution is -2.56. The maximum absolute atomic E-state index is 11.9. The van der Waals surface area contributed by atoms with Crippen LogP contribution in [0.25, 0.3) is 0 Å². The molecule has 37 heavy (non-hydrogen) atoms. The van der Waals surface area contributed by atoms with Crippen molar-refractivity contribution in [3.05, 3.63) is 12.2 Å². The Morgan fingerprint density at radius 3 is 1.62 bits per heavy atom. The van der Waals surface area contributed by atoms with Gasteiger partial charge in [-0.2, -0.15) is 0 Å². The summed E-state index contributed by atoms with van der Waals surface area (Å²) in [7, 11) is 0. The minimum absolute atomic E-state index is 0.327. The lowest BCUT2D eigenvalue weighted by molar-refractivity contribution is -0.933. The van der Waals surface area contributed by atoms with Gasteiger partial charge in [0.15, 0.2) is 0 Å². The first-order valence-corrected chi connectivity index (χ1v) is 14.8. The van der Waals surface area contributed by atoms with E-state index >= 15 is 0 Å². The van der Waals surface area contributed by atoms with Gasteiger partial charge in [-0.25, -0.2) is 0 Å². The predicted octanol–water partition coefficient (Wildman–Crippen LogP) is 5.67. The first kappa shape index (κ1) is 35.1. The number of nitrogens with zero attached hydrogens (tertiary/aromatic N) is 1. The Kier molecular flexibility index (Phi) is 20.0. The fourth-order valence-electron chi connectivity index (χ4n) is 5.00. The Balaban J connectivity index is 5.10. The van der Waals surface area contributed by atoms with E-state index in [0.717, 1.165) is 32.1 Å². The molecule has 7 nitrogen and oxygen atoms in total. The number of carbonyl (C=O) groups is 3. The summed E-state index contributed by atoms with van der Waals surface area (Å²) < 4.78 is 0.334. The zero-order valence-corrected chi connectivity index (χ0v) is 24.1. The average molecular weight is 526 g/mol. The quantitative estimate of drug-likeness (QED) is 0.0902. The molecule has 0 spiro atoms. The zero-order chi connectivity index (χ0) is 28.1. The van der Waals surface area contributed by atoms with Crippen molar-refractivity contribution in [2.75, 3.05) is 26.2 Å². The highest BCUT2D eigenvalue weighted by Crippen LogP contribution is 2.24. The third kappa shape index (κ3) is 16.5. The van der Waals surface area contributed by atoms with Gasteiger partial charge >= 0.3 is 11.9 Å². The molecule has 0 amide bonds. The van der Waals surface area contributed by atoms with Crippen molar-refractivity contribution in [2.24, 2.45) is 17.8 Å². The average Bonchev–Trinajstić information content (AvgIpc) is 2.86. The third-order valence-corrected chi connectivity index (χ3v) is 7.73. The van der Waals surface area contributed by atoms with Crippen molar-refractivity contribution in [3.8, 4) is 0 Å². The normalized spacial score (nSPS) is 15.8. The van der Waals surface area contributed by atoms with Crippen molar-refractivity contribution < 1.29 is 34.2 Å². The molecule has 0 aromatic carbocycles. The Morgan fingerprint density at radius 1 is 0.730 bits per heavy atom. The van der Waals surface area contributed by atoms with E-state index in [9.17, 15) is 29.7 Å². The number of quaternary nitrogens is 1. The van der Waals surface area contributed by atoms with Crippen LogP contribution in [0.1, 0.15) is 118 Å². The summed E-state index contributed by atoms with van der Waals surface area (Å²) in [5.74, 6) is -4.72. The van der Waals surface area contributed by atoms with Crippen molar-refractivity contribution in [3.63, 3.8) is 0 Å². The number of hydrogen-bond acceptors (Lipinski definition) is 4. The van der Waals surface area contributed by atoms with Crippen LogP contribution in [0.5, 0.6) is 0 Å². The van der Waals surface area contributed by atoms with Crippen LogP contribution in [0.2, 0.25) is 0 Å². The van der Waals surface area contributed by atoms with Crippen LogP contribution in [0, 0.1) is 17.8 Å². The molecule has 0 aromatic rings. The fraction of sp³-hybridized carbons (Fsp3) is 0.833. The molecule has 0 radical (unpaired) electrons. The van der Waals surface area contributed by atoms with Gasteiger partial charge < -0.3 is 24.6 Å². The van der Waals surface area contributed by atoms with Crippen LogP contribution in [0.3, 0.4) is 0 Å². The summed E-state index contributed by atoms with van der Waals surface area (Å²) in [5, 5.41) is 30.9. The van der Waals surface area contributed by atoms with E-state index < -0.39 is 35.7 Å². The number of carboxylic acids is 3. The van der Waals surface area contributed by atoms with Gasteiger partial charge in [0.25, 0.3) is 0 Å². The van der Waals surface area contributed by atoms with Crippen molar-refractivity contribution in [1.82, 2.24) is 0 Å². The number of carbonyl (C=O) groups excluding carboxylic acids is 1. The Morgan fingerprint density at radius 2 is 1.19 bits per heavy atom. The molecule has 0 aliphatic carbocycles. The molecule has 7 heteroatoms. The standard InChI is InChI=1S/C30H55NO6/c1-5-8-9-10-11-12-13-14-15-16-17-18-19-21-31(22-20-25(4)28(32)33,23-26(6-2)29(34)35)24-27(7-3)30(36)37/h14-15,25-27H,5-13,16-24H2,1-4H3,(H2-,32,33,34,35,36,37)/b15-14+. The monoisotopic (exact) mass is 525 g/mol. The van der Waals surface area contributed by atoms with Crippen LogP contribution in [-0.2, 0) is 14.4 Å². The topological polar surface area (TPSA) is 115 Å².